The summed E-state index contributed by atoms with van der Waals surface area (Å²) < 4.78 is 1.82. The quantitative estimate of drug-likeness (QED) is 0.745. The molecule has 2 rings (SSSR count). The van der Waals surface area contributed by atoms with Crippen molar-refractivity contribution in [2.45, 2.75) is 19.9 Å². The van der Waals surface area contributed by atoms with Crippen molar-refractivity contribution in [1.29, 1.82) is 0 Å². The molecular formula is C11H12N2OS. The molecule has 78 valence electrons. The summed E-state index contributed by atoms with van der Waals surface area (Å²) in [5.41, 5.74) is 2.45. The average molecular weight is 220 g/mol. The predicted octanol–water partition coefficient (Wildman–Crippen LogP) is 3.01. The van der Waals surface area contributed by atoms with Gasteiger partial charge in [0.15, 0.2) is 6.29 Å². The third kappa shape index (κ3) is 1.85. The van der Waals surface area contributed by atoms with Crippen molar-refractivity contribution < 1.29 is 4.79 Å². The van der Waals surface area contributed by atoms with E-state index in [1.165, 1.54) is 0 Å². The zero-order chi connectivity index (χ0) is 10.8. The number of rotatable bonds is 3. The average Bonchev–Trinajstić information content (AvgIpc) is 2.86. The summed E-state index contributed by atoms with van der Waals surface area (Å²) in [6.07, 6.45) is 2.66. The van der Waals surface area contributed by atoms with E-state index < -0.39 is 0 Å². The number of thiophene rings is 1. The molecule has 15 heavy (non-hydrogen) atoms. The molecule has 0 spiro atoms. The number of carbonyl (C=O) groups excluding carboxylic acids is 1. The van der Waals surface area contributed by atoms with Crippen molar-refractivity contribution in [3.05, 3.63) is 28.6 Å². The minimum Gasteiger partial charge on any atom is -0.298 e. The van der Waals surface area contributed by atoms with Crippen LogP contribution in [0.1, 0.15) is 30.2 Å². The maximum atomic E-state index is 10.9. The van der Waals surface area contributed by atoms with Gasteiger partial charge in [-0.2, -0.15) is 16.4 Å². The van der Waals surface area contributed by atoms with E-state index in [0.717, 1.165) is 17.5 Å². The third-order valence-electron chi connectivity index (χ3n) is 2.21. The van der Waals surface area contributed by atoms with Crippen molar-refractivity contribution in [2.24, 2.45) is 0 Å². The Bertz CT molecular complexity index is 457. The molecule has 0 saturated heterocycles. The maximum absolute atomic E-state index is 10.9. The molecule has 0 N–H and O–H groups in total. The molecule has 0 aliphatic heterocycles. The van der Waals surface area contributed by atoms with Crippen LogP contribution < -0.4 is 0 Å². The Hall–Kier alpha value is -1.42. The van der Waals surface area contributed by atoms with Gasteiger partial charge in [0.2, 0.25) is 0 Å². The third-order valence-corrected chi connectivity index (χ3v) is 2.89. The van der Waals surface area contributed by atoms with Gasteiger partial charge in [0.05, 0.1) is 5.56 Å². The van der Waals surface area contributed by atoms with E-state index in [2.05, 4.69) is 5.10 Å². The predicted molar refractivity (Wildman–Crippen MR) is 61.3 cm³/mol. The topological polar surface area (TPSA) is 34.9 Å². The summed E-state index contributed by atoms with van der Waals surface area (Å²) in [6, 6.07) is 2.25. The molecule has 4 heteroatoms. The summed E-state index contributed by atoms with van der Waals surface area (Å²) in [4.78, 5) is 10.9. The van der Waals surface area contributed by atoms with Crippen LogP contribution in [0.4, 0.5) is 0 Å². The van der Waals surface area contributed by atoms with E-state index in [9.17, 15) is 4.79 Å². The fraction of sp³-hybridized carbons (Fsp3) is 0.273. The summed E-state index contributed by atoms with van der Waals surface area (Å²) in [5.74, 6) is 0. The SMILES string of the molecule is CC(C)n1cc(C=O)c(-c2ccsc2)n1. The van der Waals surface area contributed by atoms with E-state index in [1.807, 2.05) is 35.4 Å². The summed E-state index contributed by atoms with van der Waals surface area (Å²) >= 11 is 1.61. The van der Waals surface area contributed by atoms with E-state index in [0.29, 0.717) is 5.56 Å². The molecule has 0 atom stereocenters. The first-order valence-corrected chi connectivity index (χ1v) is 5.73. The second kappa shape index (κ2) is 3.98. The molecule has 0 aliphatic rings. The van der Waals surface area contributed by atoms with Crippen molar-refractivity contribution in [3.8, 4) is 11.3 Å². The van der Waals surface area contributed by atoms with Crippen LogP contribution in [0.3, 0.4) is 0 Å². The Morgan fingerprint density at radius 2 is 2.33 bits per heavy atom. The molecule has 2 aromatic rings. The molecule has 2 aromatic heterocycles. The summed E-state index contributed by atoms with van der Waals surface area (Å²) in [5, 5.41) is 8.40. The smallest absolute Gasteiger partial charge is 0.153 e. The lowest BCUT2D eigenvalue weighted by Gasteiger charge is -2.02. The fourth-order valence-corrected chi connectivity index (χ4v) is 2.02. The number of carbonyl (C=O) groups is 1. The lowest BCUT2D eigenvalue weighted by atomic mass is 10.2. The highest BCUT2D eigenvalue weighted by Crippen LogP contribution is 2.24. The minimum absolute atomic E-state index is 0.274. The highest BCUT2D eigenvalue weighted by atomic mass is 32.1. The van der Waals surface area contributed by atoms with Gasteiger partial charge in [0.1, 0.15) is 5.69 Å². The zero-order valence-electron chi connectivity index (χ0n) is 8.68. The second-order valence-electron chi connectivity index (χ2n) is 3.64. The van der Waals surface area contributed by atoms with Gasteiger partial charge in [-0.15, -0.1) is 0 Å². The Morgan fingerprint density at radius 3 is 2.87 bits per heavy atom. The lowest BCUT2D eigenvalue weighted by molar-refractivity contribution is 0.112. The minimum atomic E-state index is 0.274. The van der Waals surface area contributed by atoms with Gasteiger partial charge in [-0.05, 0) is 25.3 Å². The molecule has 0 radical (unpaired) electrons. The second-order valence-corrected chi connectivity index (χ2v) is 4.42. The molecule has 0 bridgehead atoms. The molecule has 0 aliphatic carbocycles. The van der Waals surface area contributed by atoms with Crippen molar-refractivity contribution >= 4 is 17.6 Å². The number of aldehydes is 1. The molecule has 0 fully saturated rings. The molecule has 2 heterocycles. The van der Waals surface area contributed by atoms with Crippen LogP contribution in [-0.2, 0) is 0 Å². The largest absolute Gasteiger partial charge is 0.298 e. The zero-order valence-corrected chi connectivity index (χ0v) is 9.49. The van der Waals surface area contributed by atoms with Gasteiger partial charge in [0.25, 0.3) is 0 Å². The Kier molecular flexibility index (Phi) is 2.68. The van der Waals surface area contributed by atoms with E-state index >= 15 is 0 Å². The monoisotopic (exact) mass is 220 g/mol. The van der Waals surface area contributed by atoms with E-state index in [1.54, 1.807) is 17.5 Å². The first-order valence-electron chi connectivity index (χ1n) is 4.79. The fourth-order valence-electron chi connectivity index (χ4n) is 1.38. The molecule has 0 unspecified atom stereocenters. The van der Waals surface area contributed by atoms with Gasteiger partial charge < -0.3 is 0 Å². The molecular weight excluding hydrogens is 208 g/mol. The van der Waals surface area contributed by atoms with Crippen LogP contribution >= 0.6 is 11.3 Å². The number of nitrogens with zero attached hydrogens (tertiary/aromatic N) is 2. The number of hydrogen-bond acceptors (Lipinski definition) is 3. The first kappa shape index (κ1) is 10.1. The lowest BCUT2D eigenvalue weighted by Crippen LogP contribution is -2.00. The molecule has 0 amide bonds. The van der Waals surface area contributed by atoms with Gasteiger partial charge in [-0.3, -0.25) is 9.48 Å². The van der Waals surface area contributed by atoms with Crippen LogP contribution in [0.5, 0.6) is 0 Å². The Morgan fingerprint density at radius 1 is 1.53 bits per heavy atom. The maximum Gasteiger partial charge on any atom is 0.153 e. The summed E-state index contributed by atoms with van der Waals surface area (Å²) in [7, 11) is 0. The normalized spacial score (nSPS) is 10.9. The summed E-state index contributed by atoms with van der Waals surface area (Å²) in [6.45, 7) is 4.08. The molecule has 0 aromatic carbocycles. The standard InChI is InChI=1S/C11H12N2OS/c1-8(2)13-5-10(6-14)11(12-13)9-3-4-15-7-9/h3-8H,1-2H3. The van der Waals surface area contributed by atoms with E-state index in [-0.39, 0.29) is 6.04 Å². The van der Waals surface area contributed by atoms with Gasteiger partial charge in [-0.25, -0.2) is 0 Å². The first-order chi connectivity index (χ1) is 7.22. The Balaban J connectivity index is 2.51. The van der Waals surface area contributed by atoms with Crippen molar-refractivity contribution in [2.75, 3.05) is 0 Å². The molecule has 3 nitrogen and oxygen atoms in total. The number of hydrogen-bond donors (Lipinski definition) is 0. The van der Waals surface area contributed by atoms with Gasteiger partial charge in [0, 0.05) is 23.2 Å². The van der Waals surface area contributed by atoms with Gasteiger partial charge >= 0.3 is 0 Å². The van der Waals surface area contributed by atoms with Crippen LogP contribution in [0.15, 0.2) is 23.0 Å². The molecule has 0 saturated carbocycles. The van der Waals surface area contributed by atoms with Crippen LogP contribution in [0.2, 0.25) is 0 Å². The number of aromatic nitrogens is 2. The Labute approximate surface area is 92.4 Å². The van der Waals surface area contributed by atoms with Crippen LogP contribution in [-0.4, -0.2) is 16.1 Å². The van der Waals surface area contributed by atoms with Crippen LogP contribution in [0, 0.1) is 0 Å². The van der Waals surface area contributed by atoms with E-state index in [4.69, 9.17) is 0 Å². The highest BCUT2D eigenvalue weighted by Gasteiger charge is 2.11. The van der Waals surface area contributed by atoms with Crippen molar-refractivity contribution in [3.63, 3.8) is 0 Å². The van der Waals surface area contributed by atoms with Gasteiger partial charge in [-0.1, -0.05) is 0 Å². The highest BCUT2D eigenvalue weighted by molar-refractivity contribution is 7.08. The van der Waals surface area contributed by atoms with Crippen molar-refractivity contribution in [1.82, 2.24) is 9.78 Å². The van der Waals surface area contributed by atoms with Crippen LogP contribution in [0.25, 0.3) is 11.3 Å².